The van der Waals surface area contributed by atoms with Crippen LogP contribution in [0.2, 0.25) is 0 Å². The highest BCUT2D eigenvalue weighted by Gasteiger charge is 2.15. The van der Waals surface area contributed by atoms with Gasteiger partial charge in [0.25, 0.3) is 5.69 Å². The van der Waals surface area contributed by atoms with Crippen molar-refractivity contribution >= 4 is 11.8 Å². The summed E-state index contributed by atoms with van der Waals surface area (Å²) >= 11 is 0. The van der Waals surface area contributed by atoms with Crippen molar-refractivity contribution in [3.63, 3.8) is 0 Å². The predicted molar refractivity (Wildman–Crippen MR) is 66.4 cm³/mol. The van der Waals surface area contributed by atoms with E-state index in [0.29, 0.717) is 11.3 Å². The van der Waals surface area contributed by atoms with Gasteiger partial charge in [-0.15, -0.1) is 0 Å². The van der Waals surface area contributed by atoms with Crippen LogP contribution in [0.5, 0.6) is 0 Å². The van der Waals surface area contributed by atoms with Crippen LogP contribution in [0.3, 0.4) is 0 Å². The quantitative estimate of drug-likeness (QED) is 0.596. The summed E-state index contributed by atoms with van der Waals surface area (Å²) in [6, 6.07) is 10.1. The van der Waals surface area contributed by atoms with Crippen molar-refractivity contribution in [3.05, 3.63) is 65.0 Å². The van der Waals surface area contributed by atoms with Gasteiger partial charge in [-0.1, -0.05) is 24.8 Å². The maximum atomic E-state index is 11.0. The molecular weight excluding hydrogens is 216 g/mol. The molecule has 84 valence electrons. The second-order valence-corrected chi connectivity index (χ2v) is 3.41. The number of benzene rings is 1. The van der Waals surface area contributed by atoms with Crippen molar-refractivity contribution in [1.29, 1.82) is 0 Å². The molecule has 1 aromatic heterocycles. The monoisotopic (exact) mass is 226 g/mol. The molecule has 0 fully saturated rings. The van der Waals surface area contributed by atoms with Gasteiger partial charge in [-0.3, -0.25) is 15.1 Å². The van der Waals surface area contributed by atoms with Crippen molar-refractivity contribution in [1.82, 2.24) is 4.98 Å². The molecule has 0 N–H and O–H groups in total. The van der Waals surface area contributed by atoms with Crippen LogP contribution in [0, 0.1) is 10.1 Å². The summed E-state index contributed by atoms with van der Waals surface area (Å²) in [6.45, 7) is 3.66. The summed E-state index contributed by atoms with van der Waals surface area (Å²) in [6.07, 6.45) is 3.22. The van der Waals surface area contributed by atoms with E-state index in [2.05, 4.69) is 11.6 Å². The zero-order valence-corrected chi connectivity index (χ0v) is 9.04. The molecule has 0 saturated heterocycles. The Bertz CT molecular complexity index is 579. The van der Waals surface area contributed by atoms with Gasteiger partial charge in [-0.05, 0) is 18.2 Å². The average Bonchev–Trinajstić information content (AvgIpc) is 2.38. The minimum absolute atomic E-state index is 0.0728. The molecule has 0 aliphatic rings. The molecular formula is C13H10N2O2. The molecule has 0 spiro atoms. The highest BCUT2D eigenvalue weighted by atomic mass is 16.6. The third kappa shape index (κ3) is 2.06. The molecule has 4 nitrogen and oxygen atoms in total. The first kappa shape index (κ1) is 11.0. The van der Waals surface area contributed by atoms with E-state index in [1.165, 1.54) is 6.07 Å². The summed E-state index contributed by atoms with van der Waals surface area (Å²) in [5.74, 6) is 0. The van der Waals surface area contributed by atoms with Gasteiger partial charge in [-0.2, -0.15) is 0 Å². The van der Waals surface area contributed by atoms with E-state index in [1.54, 1.807) is 42.6 Å². The molecule has 1 heterocycles. The molecule has 0 aliphatic heterocycles. The first-order valence-corrected chi connectivity index (χ1v) is 5.05. The number of pyridine rings is 1. The molecule has 0 bridgehead atoms. The van der Waals surface area contributed by atoms with Gasteiger partial charge in [0.2, 0.25) is 0 Å². The Kier molecular flexibility index (Phi) is 2.96. The SMILES string of the molecule is C=Cc1ncccc1-c1ccccc1[N+](=O)[O-]. The Balaban J connectivity index is 2.68. The highest BCUT2D eigenvalue weighted by molar-refractivity contribution is 5.79. The summed E-state index contributed by atoms with van der Waals surface area (Å²) in [4.78, 5) is 14.7. The van der Waals surface area contributed by atoms with Gasteiger partial charge < -0.3 is 0 Å². The van der Waals surface area contributed by atoms with Gasteiger partial charge >= 0.3 is 0 Å². The smallest absolute Gasteiger partial charge is 0.258 e. The van der Waals surface area contributed by atoms with Gasteiger partial charge in [-0.25, -0.2) is 0 Å². The first-order valence-electron chi connectivity index (χ1n) is 5.05. The van der Waals surface area contributed by atoms with E-state index in [9.17, 15) is 10.1 Å². The summed E-state index contributed by atoms with van der Waals surface area (Å²) in [5.41, 5.74) is 1.99. The number of aromatic nitrogens is 1. The molecule has 0 saturated carbocycles. The second kappa shape index (κ2) is 4.57. The van der Waals surface area contributed by atoms with Crippen LogP contribution in [0.1, 0.15) is 5.69 Å². The van der Waals surface area contributed by atoms with E-state index in [1.807, 2.05) is 0 Å². The Hall–Kier alpha value is -2.49. The van der Waals surface area contributed by atoms with Crippen LogP contribution in [0.25, 0.3) is 17.2 Å². The molecule has 2 aromatic rings. The number of rotatable bonds is 3. The normalized spacial score (nSPS) is 9.88. The van der Waals surface area contributed by atoms with E-state index < -0.39 is 4.92 Å². The van der Waals surface area contributed by atoms with Crippen LogP contribution in [0.4, 0.5) is 5.69 Å². The third-order valence-corrected chi connectivity index (χ3v) is 2.42. The molecule has 0 unspecified atom stereocenters. The maximum absolute atomic E-state index is 11.0. The molecule has 0 amide bonds. The molecule has 2 rings (SSSR count). The minimum atomic E-state index is -0.394. The zero-order valence-electron chi connectivity index (χ0n) is 9.04. The molecule has 0 aliphatic carbocycles. The molecule has 1 aromatic carbocycles. The standard InChI is InChI=1S/C13H10N2O2/c1-2-12-10(7-5-9-14-12)11-6-3-4-8-13(11)15(16)17/h2-9H,1H2. The van der Waals surface area contributed by atoms with Crippen molar-refractivity contribution in [2.24, 2.45) is 0 Å². The maximum Gasteiger partial charge on any atom is 0.277 e. The van der Waals surface area contributed by atoms with Crippen LogP contribution >= 0.6 is 0 Å². The summed E-state index contributed by atoms with van der Waals surface area (Å²) in [7, 11) is 0. The largest absolute Gasteiger partial charge is 0.277 e. The minimum Gasteiger partial charge on any atom is -0.258 e. The summed E-state index contributed by atoms with van der Waals surface area (Å²) < 4.78 is 0. The Morgan fingerprint density at radius 2 is 1.88 bits per heavy atom. The van der Waals surface area contributed by atoms with Crippen molar-refractivity contribution < 1.29 is 4.92 Å². The molecule has 0 atom stereocenters. The van der Waals surface area contributed by atoms with Crippen molar-refractivity contribution in [2.75, 3.05) is 0 Å². The van der Waals surface area contributed by atoms with E-state index in [-0.39, 0.29) is 5.69 Å². The van der Waals surface area contributed by atoms with E-state index in [0.717, 1.165) is 5.56 Å². The fourth-order valence-electron chi connectivity index (χ4n) is 1.67. The Morgan fingerprint density at radius 3 is 2.59 bits per heavy atom. The van der Waals surface area contributed by atoms with Crippen LogP contribution < -0.4 is 0 Å². The summed E-state index contributed by atoms with van der Waals surface area (Å²) in [5, 5.41) is 11.0. The lowest BCUT2D eigenvalue weighted by molar-refractivity contribution is -0.384. The van der Waals surface area contributed by atoms with Gasteiger partial charge in [0.05, 0.1) is 16.2 Å². The number of para-hydroxylation sites is 1. The average molecular weight is 226 g/mol. The Labute approximate surface area is 98.4 Å². The van der Waals surface area contributed by atoms with Crippen LogP contribution in [-0.2, 0) is 0 Å². The number of hydrogen-bond donors (Lipinski definition) is 0. The number of nitrogens with zero attached hydrogens (tertiary/aromatic N) is 2. The topological polar surface area (TPSA) is 56.0 Å². The number of hydrogen-bond acceptors (Lipinski definition) is 3. The first-order chi connectivity index (χ1) is 8.24. The predicted octanol–water partition coefficient (Wildman–Crippen LogP) is 3.30. The van der Waals surface area contributed by atoms with Crippen molar-refractivity contribution in [2.45, 2.75) is 0 Å². The third-order valence-electron chi connectivity index (χ3n) is 2.42. The lowest BCUT2D eigenvalue weighted by atomic mass is 10.0. The molecule has 0 radical (unpaired) electrons. The lowest BCUT2D eigenvalue weighted by Gasteiger charge is -2.05. The van der Waals surface area contributed by atoms with E-state index >= 15 is 0 Å². The van der Waals surface area contributed by atoms with E-state index in [4.69, 9.17) is 0 Å². The van der Waals surface area contributed by atoms with Gasteiger partial charge in [0.15, 0.2) is 0 Å². The second-order valence-electron chi connectivity index (χ2n) is 3.41. The van der Waals surface area contributed by atoms with Crippen LogP contribution in [-0.4, -0.2) is 9.91 Å². The zero-order chi connectivity index (χ0) is 12.3. The fraction of sp³-hybridized carbons (Fsp3) is 0. The Morgan fingerprint density at radius 1 is 1.18 bits per heavy atom. The molecule has 4 heteroatoms. The number of nitro benzene ring substituents is 1. The molecule has 17 heavy (non-hydrogen) atoms. The van der Waals surface area contributed by atoms with Crippen molar-refractivity contribution in [3.8, 4) is 11.1 Å². The lowest BCUT2D eigenvalue weighted by Crippen LogP contribution is -1.93. The number of nitro groups is 1. The van der Waals surface area contributed by atoms with Gasteiger partial charge in [0, 0.05) is 17.8 Å². The van der Waals surface area contributed by atoms with Gasteiger partial charge in [0.1, 0.15) is 0 Å². The fourth-order valence-corrected chi connectivity index (χ4v) is 1.67. The highest BCUT2D eigenvalue weighted by Crippen LogP contribution is 2.31. The van der Waals surface area contributed by atoms with Crippen LogP contribution in [0.15, 0.2) is 49.2 Å².